The second-order valence-electron chi connectivity index (χ2n) is 4.43. The Bertz CT molecular complexity index is 317. The summed E-state index contributed by atoms with van der Waals surface area (Å²) in [5, 5.41) is 7.77. The molecule has 1 rings (SSSR count). The Kier molecular flexibility index (Phi) is 5.09. The van der Waals surface area contributed by atoms with E-state index in [4.69, 9.17) is 0 Å². The molecule has 0 amide bonds. The molecule has 2 atom stereocenters. The SMILES string of the molecule is C=CCC(C)C(C)Nc1cnn(CCC)c1. The molecule has 1 heterocycles. The van der Waals surface area contributed by atoms with Gasteiger partial charge in [-0.2, -0.15) is 5.10 Å². The molecule has 0 aromatic carbocycles. The van der Waals surface area contributed by atoms with Crippen molar-refractivity contribution >= 4 is 5.69 Å². The van der Waals surface area contributed by atoms with E-state index in [1.54, 1.807) is 0 Å². The van der Waals surface area contributed by atoms with Gasteiger partial charge in [-0.3, -0.25) is 4.68 Å². The van der Waals surface area contributed by atoms with Crippen LogP contribution in [0, 0.1) is 5.92 Å². The molecule has 3 heteroatoms. The first-order chi connectivity index (χ1) is 7.67. The van der Waals surface area contributed by atoms with Crippen LogP contribution in [0.1, 0.15) is 33.6 Å². The number of nitrogens with zero attached hydrogens (tertiary/aromatic N) is 2. The van der Waals surface area contributed by atoms with Crippen molar-refractivity contribution in [3.05, 3.63) is 25.0 Å². The molecule has 0 aliphatic carbocycles. The van der Waals surface area contributed by atoms with E-state index >= 15 is 0 Å². The van der Waals surface area contributed by atoms with Gasteiger partial charge in [0.15, 0.2) is 0 Å². The minimum atomic E-state index is 0.442. The molecule has 0 spiro atoms. The summed E-state index contributed by atoms with van der Waals surface area (Å²) < 4.78 is 1.98. The van der Waals surface area contributed by atoms with Gasteiger partial charge in [-0.05, 0) is 25.7 Å². The highest BCUT2D eigenvalue weighted by atomic mass is 15.3. The third-order valence-corrected chi connectivity index (χ3v) is 2.87. The first kappa shape index (κ1) is 12.8. The number of hydrogen-bond donors (Lipinski definition) is 1. The molecule has 3 nitrogen and oxygen atoms in total. The van der Waals surface area contributed by atoms with Gasteiger partial charge in [0.25, 0.3) is 0 Å². The molecule has 0 aliphatic rings. The Morgan fingerprint density at radius 2 is 2.31 bits per heavy atom. The highest BCUT2D eigenvalue weighted by Crippen LogP contribution is 2.14. The predicted molar refractivity (Wildman–Crippen MR) is 69.6 cm³/mol. The van der Waals surface area contributed by atoms with Crippen LogP contribution in [0.15, 0.2) is 25.0 Å². The van der Waals surface area contributed by atoms with Crippen molar-refractivity contribution in [1.29, 1.82) is 0 Å². The first-order valence-corrected chi connectivity index (χ1v) is 6.07. The van der Waals surface area contributed by atoms with E-state index in [1.165, 1.54) is 0 Å². The lowest BCUT2D eigenvalue weighted by Gasteiger charge is -2.19. The van der Waals surface area contributed by atoms with E-state index in [0.717, 1.165) is 25.1 Å². The van der Waals surface area contributed by atoms with Gasteiger partial charge in [-0.1, -0.05) is 19.9 Å². The second kappa shape index (κ2) is 6.36. The van der Waals surface area contributed by atoms with Gasteiger partial charge in [0, 0.05) is 18.8 Å². The smallest absolute Gasteiger partial charge is 0.0728 e. The van der Waals surface area contributed by atoms with Crippen molar-refractivity contribution in [3.63, 3.8) is 0 Å². The average molecular weight is 221 g/mol. The lowest BCUT2D eigenvalue weighted by atomic mass is 10.00. The van der Waals surface area contributed by atoms with Crippen LogP contribution in [0.2, 0.25) is 0 Å². The number of aromatic nitrogens is 2. The molecular weight excluding hydrogens is 198 g/mol. The van der Waals surface area contributed by atoms with Gasteiger partial charge in [0.2, 0.25) is 0 Å². The monoisotopic (exact) mass is 221 g/mol. The zero-order valence-electron chi connectivity index (χ0n) is 10.6. The topological polar surface area (TPSA) is 29.9 Å². The van der Waals surface area contributed by atoms with Crippen LogP contribution in [0.25, 0.3) is 0 Å². The lowest BCUT2D eigenvalue weighted by Crippen LogP contribution is -2.23. The molecule has 0 bridgehead atoms. The Labute approximate surface area is 98.5 Å². The zero-order chi connectivity index (χ0) is 12.0. The average Bonchev–Trinajstić information content (AvgIpc) is 2.66. The highest BCUT2D eigenvalue weighted by molar-refractivity contribution is 5.39. The molecule has 0 saturated carbocycles. The lowest BCUT2D eigenvalue weighted by molar-refractivity contribution is 0.517. The summed E-state index contributed by atoms with van der Waals surface area (Å²) in [5.41, 5.74) is 1.11. The van der Waals surface area contributed by atoms with Crippen molar-refractivity contribution in [2.24, 2.45) is 5.92 Å². The van der Waals surface area contributed by atoms with Crippen molar-refractivity contribution in [2.75, 3.05) is 5.32 Å². The van der Waals surface area contributed by atoms with Crippen molar-refractivity contribution in [2.45, 2.75) is 46.2 Å². The number of hydrogen-bond acceptors (Lipinski definition) is 2. The molecule has 0 radical (unpaired) electrons. The van der Waals surface area contributed by atoms with E-state index in [1.807, 2.05) is 17.0 Å². The van der Waals surface area contributed by atoms with Gasteiger partial charge in [0.1, 0.15) is 0 Å². The van der Waals surface area contributed by atoms with E-state index in [-0.39, 0.29) is 0 Å². The molecule has 0 saturated heterocycles. The maximum absolute atomic E-state index is 4.30. The minimum Gasteiger partial charge on any atom is -0.380 e. The van der Waals surface area contributed by atoms with Gasteiger partial charge in [-0.25, -0.2) is 0 Å². The fraction of sp³-hybridized carbons (Fsp3) is 0.615. The first-order valence-electron chi connectivity index (χ1n) is 6.07. The van der Waals surface area contributed by atoms with Gasteiger partial charge >= 0.3 is 0 Å². The Hall–Kier alpha value is -1.25. The summed E-state index contributed by atoms with van der Waals surface area (Å²) in [6, 6.07) is 0.442. The molecule has 1 N–H and O–H groups in total. The Morgan fingerprint density at radius 3 is 2.94 bits per heavy atom. The normalized spacial score (nSPS) is 14.4. The minimum absolute atomic E-state index is 0.442. The number of allylic oxidation sites excluding steroid dienone is 1. The molecular formula is C13H23N3. The van der Waals surface area contributed by atoms with Gasteiger partial charge < -0.3 is 5.32 Å². The summed E-state index contributed by atoms with van der Waals surface area (Å²) in [5.74, 6) is 0.590. The predicted octanol–water partition coefficient (Wildman–Crippen LogP) is 3.31. The van der Waals surface area contributed by atoms with Crippen LogP contribution in [0.5, 0.6) is 0 Å². The van der Waals surface area contributed by atoms with E-state index in [9.17, 15) is 0 Å². The number of aryl methyl sites for hydroxylation is 1. The molecule has 0 aliphatic heterocycles. The standard InChI is InChI=1S/C13H23N3/c1-5-7-11(3)12(4)15-13-9-14-16(10-13)8-6-2/h5,9-12,15H,1,6-8H2,2-4H3. The summed E-state index contributed by atoms with van der Waals surface area (Å²) >= 11 is 0. The molecule has 1 aromatic rings. The van der Waals surface area contributed by atoms with Gasteiger partial charge in [-0.15, -0.1) is 6.58 Å². The maximum atomic E-state index is 4.30. The van der Waals surface area contributed by atoms with Crippen LogP contribution in [-0.4, -0.2) is 15.8 Å². The Balaban J connectivity index is 2.48. The van der Waals surface area contributed by atoms with Crippen LogP contribution in [0.3, 0.4) is 0 Å². The molecule has 2 unspecified atom stereocenters. The van der Waals surface area contributed by atoms with Crippen LogP contribution >= 0.6 is 0 Å². The summed E-state index contributed by atoms with van der Waals surface area (Å²) in [6.45, 7) is 11.3. The number of nitrogens with one attached hydrogen (secondary N) is 1. The summed E-state index contributed by atoms with van der Waals surface area (Å²) in [4.78, 5) is 0. The molecule has 16 heavy (non-hydrogen) atoms. The van der Waals surface area contributed by atoms with Crippen molar-refractivity contribution < 1.29 is 0 Å². The largest absolute Gasteiger partial charge is 0.380 e. The molecule has 1 aromatic heterocycles. The molecule has 90 valence electrons. The molecule has 0 fully saturated rings. The van der Waals surface area contributed by atoms with Crippen LogP contribution < -0.4 is 5.32 Å². The Morgan fingerprint density at radius 1 is 1.56 bits per heavy atom. The van der Waals surface area contributed by atoms with E-state index < -0.39 is 0 Å². The maximum Gasteiger partial charge on any atom is 0.0728 e. The fourth-order valence-electron chi connectivity index (χ4n) is 1.66. The highest BCUT2D eigenvalue weighted by Gasteiger charge is 2.10. The third kappa shape index (κ3) is 3.72. The van der Waals surface area contributed by atoms with Crippen molar-refractivity contribution in [3.8, 4) is 0 Å². The second-order valence-corrected chi connectivity index (χ2v) is 4.43. The van der Waals surface area contributed by atoms with Crippen LogP contribution in [0.4, 0.5) is 5.69 Å². The van der Waals surface area contributed by atoms with E-state index in [2.05, 4.69) is 44.0 Å². The fourth-order valence-corrected chi connectivity index (χ4v) is 1.66. The number of rotatable bonds is 7. The van der Waals surface area contributed by atoms with E-state index in [0.29, 0.717) is 12.0 Å². The van der Waals surface area contributed by atoms with Gasteiger partial charge in [0.05, 0.1) is 11.9 Å². The zero-order valence-corrected chi connectivity index (χ0v) is 10.6. The number of anilines is 1. The summed E-state index contributed by atoms with van der Waals surface area (Å²) in [7, 11) is 0. The summed E-state index contributed by atoms with van der Waals surface area (Å²) in [6.07, 6.45) is 8.09. The quantitative estimate of drug-likeness (QED) is 0.716. The van der Waals surface area contributed by atoms with Crippen LogP contribution in [-0.2, 0) is 6.54 Å². The third-order valence-electron chi connectivity index (χ3n) is 2.87. The van der Waals surface area contributed by atoms with Crippen molar-refractivity contribution in [1.82, 2.24) is 9.78 Å².